The number of para-hydroxylation sites is 2. The second kappa shape index (κ2) is 14.0. The molecule has 2 heterocycles. The largest absolute Gasteiger partial charge is 0.456 e. The molecule has 2 aliphatic carbocycles. The number of benzene rings is 11. The van der Waals surface area contributed by atoms with Crippen LogP contribution >= 0.6 is 0 Å². The number of hydrogen-bond acceptors (Lipinski definition) is 3. The van der Waals surface area contributed by atoms with Crippen LogP contribution in [0.3, 0.4) is 0 Å². The second-order valence-electron chi connectivity index (χ2n) is 18.3. The molecule has 316 valence electrons. The van der Waals surface area contributed by atoms with E-state index in [1.807, 2.05) is 12.1 Å². The van der Waals surface area contributed by atoms with E-state index in [0.717, 1.165) is 83.2 Å². The van der Waals surface area contributed by atoms with Crippen molar-refractivity contribution in [3.63, 3.8) is 0 Å². The van der Waals surface area contributed by atoms with Gasteiger partial charge in [-0.25, -0.2) is 0 Å². The van der Waals surface area contributed by atoms with Gasteiger partial charge in [0, 0.05) is 38.5 Å². The van der Waals surface area contributed by atoms with Crippen molar-refractivity contribution in [2.45, 2.75) is 5.41 Å². The average Bonchev–Trinajstić information content (AvgIpc) is 4.13. The summed E-state index contributed by atoms with van der Waals surface area (Å²) in [5.74, 6) is 0. The number of nitrogens with zero attached hydrogens (tertiary/aromatic N) is 1. The molecule has 68 heavy (non-hydrogen) atoms. The van der Waals surface area contributed by atoms with Crippen LogP contribution in [0.15, 0.2) is 245 Å². The van der Waals surface area contributed by atoms with Crippen LogP contribution in [0.5, 0.6) is 0 Å². The highest BCUT2D eigenvalue weighted by Crippen LogP contribution is 2.63. The van der Waals surface area contributed by atoms with Crippen LogP contribution in [0.1, 0.15) is 22.3 Å². The first-order valence-corrected chi connectivity index (χ1v) is 23.4. The maximum absolute atomic E-state index is 6.51. The molecule has 13 aromatic rings. The highest BCUT2D eigenvalue weighted by atomic mass is 16.3. The van der Waals surface area contributed by atoms with Gasteiger partial charge in [0.05, 0.1) is 11.1 Å². The minimum Gasteiger partial charge on any atom is -0.456 e. The maximum atomic E-state index is 6.51. The molecular formula is C65H39NO2. The predicted octanol–water partition coefficient (Wildman–Crippen LogP) is 17.8. The van der Waals surface area contributed by atoms with Crippen molar-refractivity contribution in [3.8, 4) is 44.5 Å². The highest BCUT2D eigenvalue weighted by molar-refractivity contribution is 6.13. The normalized spacial score (nSPS) is 13.1. The van der Waals surface area contributed by atoms with Gasteiger partial charge in [0.1, 0.15) is 22.3 Å². The van der Waals surface area contributed by atoms with E-state index in [4.69, 9.17) is 8.83 Å². The van der Waals surface area contributed by atoms with E-state index in [9.17, 15) is 0 Å². The first kappa shape index (κ1) is 37.3. The molecule has 0 aliphatic heterocycles. The molecule has 0 amide bonds. The van der Waals surface area contributed by atoms with Crippen molar-refractivity contribution in [2.24, 2.45) is 0 Å². The summed E-state index contributed by atoms with van der Waals surface area (Å²) < 4.78 is 12.9. The van der Waals surface area contributed by atoms with E-state index in [0.29, 0.717) is 0 Å². The molecule has 0 saturated carbocycles. The number of fused-ring (bicyclic) bond motifs is 17. The number of rotatable bonds is 5. The Kier molecular flexibility index (Phi) is 7.71. The summed E-state index contributed by atoms with van der Waals surface area (Å²) in [7, 11) is 0. The van der Waals surface area contributed by atoms with E-state index in [1.54, 1.807) is 0 Å². The number of anilines is 3. The summed E-state index contributed by atoms with van der Waals surface area (Å²) >= 11 is 0. The Balaban J connectivity index is 0.958. The Bertz CT molecular complexity index is 4160. The van der Waals surface area contributed by atoms with Gasteiger partial charge in [0.25, 0.3) is 0 Å². The molecule has 0 fully saturated rings. The zero-order chi connectivity index (χ0) is 44.5. The van der Waals surface area contributed by atoms with E-state index < -0.39 is 5.41 Å². The predicted molar refractivity (Wildman–Crippen MR) is 280 cm³/mol. The molecular weight excluding hydrogens is 827 g/mol. The SMILES string of the molecule is c1ccc(N(c2ccc(-c3cccc4oc5ccccc5c34)cc2)c2ccc3c(c2)C2(c4ccccc4-c4ccccc42)c2ccccc2-3)c(-c2ccc3oc4cc5ccccc5cc4c3c2)c1. The van der Waals surface area contributed by atoms with Crippen LogP contribution < -0.4 is 4.90 Å². The summed E-state index contributed by atoms with van der Waals surface area (Å²) in [6.07, 6.45) is 0. The molecule has 0 unspecified atom stereocenters. The van der Waals surface area contributed by atoms with Crippen LogP contribution in [-0.2, 0) is 5.41 Å². The van der Waals surface area contributed by atoms with E-state index in [-0.39, 0.29) is 0 Å². The molecule has 0 bridgehead atoms. The van der Waals surface area contributed by atoms with Gasteiger partial charge in [-0.1, -0.05) is 170 Å². The first-order chi connectivity index (χ1) is 33.7. The van der Waals surface area contributed by atoms with Gasteiger partial charge in [-0.05, 0) is 139 Å². The van der Waals surface area contributed by atoms with Gasteiger partial charge in [0.15, 0.2) is 0 Å². The quantitative estimate of drug-likeness (QED) is 0.173. The topological polar surface area (TPSA) is 29.5 Å². The Hall–Kier alpha value is -8.92. The third-order valence-electron chi connectivity index (χ3n) is 14.9. The van der Waals surface area contributed by atoms with Crippen LogP contribution in [0.2, 0.25) is 0 Å². The summed E-state index contributed by atoms with van der Waals surface area (Å²) in [6, 6.07) is 86.5. The molecule has 3 heteroatoms. The summed E-state index contributed by atoms with van der Waals surface area (Å²) in [5, 5.41) is 6.84. The van der Waals surface area contributed by atoms with Gasteiger partial charge in [-0.3, -0.25) is 0 Å². The summed E-state index contributed by atoms with van der Waals surface area (Å²) in [4.78, 5) is 2.46. The van der Waals surface area contributed by atoms with Crippen molar-refractivity contribution in [3.05, 3.63) is 259 Å². The lowest BCUT2D eigenvalue weighted by atomic mass is 9.70. The van der Waals surface area contributed by atoms with Crippen molar-refractivity contribution >= 4 is 71.7 Å². The van der Waals surface area contributed by atoms with Crippen LogP contribution in [0, 0.1) is 0 Å². The van der Waals surface area contributed by atoms with Crippen LogP contribution in [-0.4, -0.2) is 0 Å². The zero-order valence-corrected chi connectivity index (χ0v) is 36.8. The molecule has 0 radical (unpaired) electrons. The highest BCUT2D eigenvalue weighted by Gasteiger charge is 2.51. The molecule has 2 aromatic heterocycles. The monoisotopic (exact) mass is 865 g/mol. The molecule has 2 aliphatic rings. The van der Waals surface area contributed by atoms with E-state index in [1.165, 1.54) is 55.3 Å². The van der Waals surface area contributed by atoms with Crippen LogP contribution in [0.4, 0.5) is 17.1 Å². The Morgan fingerprint density at radius 3 is 1.57 bits per heavy atom. The maximum Gasteiger partial charge on any atom is 0.136 e. The van der Waals surface area contributed by atoms with E-state index >= 15 is 0 Å². The minimum absolute atomic E-state index is 0.478. The molecule has 0 N–H and O–H groups in total. The van der Waals surface area contributed by atoms with Gasteiger partial charge in [0.2, 0.25) is 0 Å². The summed E-state index contributed by atoms with van der Waals surface area (Å²) in [5.41, 5.74) is 21.3. The van der Waals surface area contributed by atoms with Crippen LogP contribution in [0.25, 0.3) is 99.2 Å². The van der Waals surface area contributed by atoms with Crippen molar-refractivity contribution in [2.75, 3.05) is 4.90 Å². The van der Waals surface area contributed by atoms with Gasteiger partial charge in [-0.15, -0.1) is 0 Å². The zero-order valence-electron chi connectivity index (χ0n) is 36.8. The fourth-order valence-corrected chi connectivity index (χ4v) is 12.0. The van der Waals surface area contributed by atoms with Crippen molar-refractivity contribution in [1.29, 1.82) is 0 Å². The average molecular weight is 866 g/mol. The third-order valence-corrected chi connectivity index (χ3v) is 14.9. The second-order valence-corrected chi connectivity index (χ2v) is 18.3. The molecule has 15 rings (SSSR count). The van der Waals surface area contributed by atoms with E-state index in [2.05, 4.69) is 229 Å². The van der Waals surface area contributed by atoms with Gasteiger partial charge in [-0.2, -0.15) is 0 Å². The lowest BCUT2D eigenvalue weighted by Crippen LogP contribution is -2.26. The lowest BCUT2D eigenvalue weighted by Gasteiger charge is -2.32. The Morgan fingerprint density at radius 1 is 0.294 bits per heavy atom. The molecule has 1 spiro atoms. The van der Waals surface area contributed by atoms with Crippen molar-refractivity contribution < 1.29 is 8.83 Å². The number of hydrogen-bond donors (Lipinski definition) is 0. The summed E-state index contributed by atoms with van der Waals surface area (Å²) in [6.45, 7) is 0. The molecule has 0 atom stereocenters. The molecule has 0 saturated heterocycles. The fraction of sp³-hybridized carbons (Fsp3) is 0.0154. The Labute approximate surface area is 392 Å². The fourth-order valence-electron chi connectivity index (χ4n) is 12.0. The standard InChI is InChI=1S/C65H39NO2/c1-2-15-42-38-63-54(36-41(42)14-1)53-37-43(30-35-61(53)68-63)46-16-6-11-25-59(46)66(44-31-28-40(29-32-44)47-21-13-27-62-64(47)52-20-7-12-26-60(52)67-62)45-33-34-51-50-19-5-10-24-57(50)65(58(51)39-45)55-22-8-3-17-48(55)49-18-4-9-23-56(49)65/h1-39H. The smallest absolute Gasteiger partial charge is 0.136 e. The molecule has 11 aromatic carbocycles. The first-order valence-electron chi connectivity index (χ1n) is 23.4. The minimum atomic E-state index is -0.478. The Morgan fingerprint density at radius 2 is 0.824 bits per heavy atom. The van der Waals surface area contributed by atoms with Gasteiger partial charge >= 0.3 is 0 Å². The van der Waals surface area contributed by atoms with Crippen molar-refractivity contribution in [1.82, 2.24) is 0 Å². The lowest BCUT2D eigenvalue weighted by molar-refractivity contribution is 0.669. The van der Waals surface area contributed by atoms with Gasteiger partial charge < -0.3 is 13.7 Å². The number of furan rings is 2. The molecule has 3 nitrogen and oxygen atoms in total. The third kappa shape index (κ3) is 5.13.